The Morgan fingerprint density at radius 2 is 0.816 bits per heavy atom. The van der Waals surface area contributed by atoms with Gasteiger partial charge in [-0.25, -0.2) is 0 Å². The molecule has 0 fully saturated rings. The van der Waals surface area contributed by atoms with Crippen LogP contribution in [-0.4, -0.2) is 20.7 Å². The molecular weight excluding hydrogens is 493 g/mol. The van der Waals surface area contributed by atoms with Crippen LogP contribution in [0.25, 0.3) is 0 Å². The number of rotatable bonds is 8. The first kappa shape index (κ1) is 25.6. The first-order chi connectivity index (χ1) is 18.6. The second kappa shape index (κ2) is 11.2. The average molecular weight is 525 g/mol. The molecule has 38 heavy (non-hydrogen) atoms. The van der Waals surface area contributed by atoms with Gasteiger partial charge in [-0.1, -0.05) is 133 Å². The molecular formula is C34H32N2Si2. The van der Waals surface area contributed by atoms with Gasteiger partial charge >= 0.3 is 0 Å². The van der Waals surface area contributed by atoms with Crippen LogP contribution in [0.3, 0.4) is 0 Å². The van der Waals surface area contributed by atoms with Crippen LogP contribution in [0.5, 0.6) is 0 Å². The van der Waals surface area contributed by atoms with Crippen LogP contribution in [-0.2, 0) is 6.54 Å². The van der Waals surface area contributed by atoms with Gasteiger partial charge in [0, 0.05) is 6.54 Å². The molecule has 0 aliphatic rings. The lowest BCUT2D eigenvalue weighted by Crippen LogP contribution is -2.81. The highest BCUT2D eigenvalue weighted by atomic mass is 28.4. The topological polar surface area (TPSA) is 27.0 Å². The maximum Gasteiger partial charge on any atom is 0.183 e. The second-order valence-corrected chi connectivity index (χ2v) is 18.1. The molecule has 0 saturated heterocycles. The van der Waals surface area contributed by atoms with Crippen molar-refractivity contribution in [3.63, 3.8) is 0 Å². The van der Waals surface area contributed by atoms with Gasteiger partial charge in [-0.2, -0.15) is 5.26 Å². The molecule has 0 saturated carbocycles. The van der Waals surface area contributed by atoms with E-state index in [1.165, 1.54) is 26.3 Å². The van der Waals surface area contributed by atoms with Gasteiger partial charge in [-0.05, 0) is 51.5 Å². The van der Waals surface area contributed by atoms with Gasteiger partial charge in [0.2, 0.25) is 0 Å². The molecule has 0 aromatic heterocycles. The minimum atomic E-state index is -2.51. The summed E-state index contributed by atoms with van der Waals surface area (Å²) in [4.78, 5) is 0. The molecule has 186 valence electrons. The van der Waals surface area contributed by atoms with Gasteiger partial charge in [0.1, 0.15) is 0 Å². The average Bonchev–Trinajstić information content (AvgIpc) is 3.01. The third kappa shape index (κ3) is 4.80. The van der Waals surface area contributed by atoms with Gasteiger partial charge in [-0.3, -0.25) is 0 Å². The predicted molar refractivity (Wildman–Crippen MR) is 164 cm³/mol. The summed E-state index contributed by atoms with van der Waals surface area (Å²) in [5, 5.41) is 15.0. The summed E-state index contributed by atoms with van der Waals surface area (Å²) < 4.78 is 2.90. The van der Waals surface area contributed by atoms with E-state index in [1.807, 2.05) is 12.1 Å². The Balaban J connectivity index is 1.82. The van der Waals surface area contributed by atoms with Crippen LogP contribution >= 0.6 is 0 Å². The molecule has 0 spiro atoms. The Kier molecular flexibility index (Phi) is 7.53. The molecule has 0 heterocycles. The zero-order chi connectivity index (χ0) is 26.4. The SMILES string of the molecule is C[Si](c1ccccc1)(c1ccccc1)N(Cc1ccc(C#N)cc1)[Si](C)(c1ccccc1)c1ccccc1. The molecule has 0 bridgehead atoms. The number of hydrogen-bond acceptors (Lipinski definition) is 2. The Morgan fingerprint density at radius 1 is 0.500 bits per heavy atom. The molecule has 2 nitrogen and oxygen atoms in total. The summed E-state index contributed by atoms with van der Waals surface area (Å²) in [5.41, 5.74) is 1.91. The molecule has 5 aromatic carbocycles. The van der Waals surface area contributed by atoms with Crippen LogP contribution in [0.1, 0.15) is 11.1 Å². The van der Waals surface area contributed by atoms with E-state index < -0.39 is 16.5 Å². The van der Waals surface area contributed by atoms with Gasteiger partial charge in [0.25, 0.3) is 0 Å². The maximum atomic E-state index is 9.42. The fraction of sp³-hybridized carbons (Fsp3) is 0.0882. The van der Waals surface area contributed by atoms with Crippen LogP contribution < -0.4 is 20.7 Å². The monoisotopic (exact) mass is 524 g/mol. The lowest BCUT2D eigenvalue weighted by molar-refractivity contribution is 0.632. The van der Waals surface area contributed by atoms with Crippen LogP contribution in [0.2, 0.25) is 13.1 Å². The van der Waals surface area contributed by atoms with Crippen molar-refractivity contribution in [2.24, 2.45) is 0 Å². The Bertz CT molecular complexity index is 1330. The van der Waals surface area contributed by atoms with Crippen LogP contribution in [0.15, 0.2) is 146 Å². The summed E-state index contributed by atoms with van der Waals surface area (Å²) in [5.74, 6) is 0. The summed E-state index contributed by atoms with van der Waals surface area (Å²) in [6.07, 6.45) is 0. The van der Waals surface area contributed by atoms with Gasteiger partial charge in [0.15, 0.2) is 16.5 Å². The second-order valence-electron chi connectivity index (χ2n) is 10.0. The van der Waals surface area contributed by atoms with E-state index in [0.717, 1.165) is 6.54 Å². The third-order valence-corrected chi connectivity index (χ3v) is 18.8. The van der Waals surface area contributed by atoms with E-state index in [0.29, 0.717) is 5.56 Å². The van der Waals surface area contributed by atoms with Gasteiger partial charge < -0.3 is 4.23 Å². The first-order valence-electron chi connectivity index (χ1n) is 13.1. The van der Waals surface area contributed by atoms with Crippen molar-refractivity contribution < 1.29 is 0 Å². The first-order valence-corrected chi connectivity index (χ1v) is 17.9. The third-order valence-electron chi connectivity index (χ3n) is 7.85. The molecule has 5 rings (SSSR count). The summed E-state index contributed by atoms with van der Waals surface area (Å²) >= 11 is 0. The Hall–Kier alpha value is -4.02. The minimum absolute atomic E-state index is 0.692. The predicted octanol–water partition coefficient (Wildman–Crippen LogP) is 5.14. The molecule has 4 heteroatoms. The van der Waals surface area contributed by atoms with Gasteiger partial charge in [0.05, 0.1) is 11.6 Å². The van der Waals surface area contributed by atoms with E-state index in [1.54, 1.807) is 0 Å². The molecule has 0 aliphatic heterocycles. The number of nitriles is 1. The molecule has 0 atom stereocenters. The van der Waals surface area contributed by atoms with Crippen LogP contribution in [0, 0.1) is 11.3 Å². The van der Waals surface area contributed by atoms with Crippen molar-refractivity contribution in [3.05, 3.63) is 157 Å². The van der Waals surface area contributed by atoms with Crippen molar-refractivity contribution in [1.29, 1.82) is 5.26 Å². The van der Waals surface area contributed by atoms with E-state index in [4.69, 9.17) is 0 Å². The van der Waals surface area contributed by atoms with E-state index in [2.05, 4.69) is 157 Å². The normalized spacial score (nSPS) is 11.7. The maximum absolute atomic E-state index is 9.42. The van der Waals surface area contributed by atoms with E-state index in [9.17, 15) is 5.26 Å². The largest absolute Gasteiger partial charge is 0.327 e. The molecule has 0 unspecified atom stereocenters. The van der Waals surface area contributed by atoms with Crippen molar-refractivity contribution >= 4 is 37.2 Å². The molecule has 0 N–H and O–H groups in total. The highest BCUT2D eigenvalue weighted by molar-refractivity contribution is 7.12. The van der Waals surface area contributed by atoms with Crippen LogP contribution in [0.4, 0.5) is 0 Å². The number of hydrogen-bond donors (Lipinski definition) is 0. The smallest absolute Gasteiger partial charge is 0.183 e. The van der Waals surface area contributed by atoms with Crippen molar-refractivity contribution in [3.8, 4) is 6.07 Å². The minimum Gasteiger partial charge on any atom is -0.327 e. The summed E-state index contributed by atoms with van der Waals surface area (Å²) in [6.45, 7) is 5.82. The highest BCUT2D eigenvalue weighted by Gasteiger charge is 2.50. The van der Waals surface area contributed by atoms with Crippen molar-refractivity contribution in [2.45, 2.75) is 19.6 Å². The summed E-state index contributed by atoms with van der Waals surface area (Å²) in [7, 11) is -5.01. The zero-order valence-corrected chi connectivity index (χ0v) is 24.0. The quantitative estimate of drug-likeness (QED) is 0.263. The lowest BCUT2D eigenvalue weighted by atomic mass is 10.1. The van der Waals surface area contributed by atoms with E-state index in [-0.39, 0.29) is 0 Å². The highest BCUT2D eigenvalue weighted by Crippen LogP contribution is 2.25. The number of nitrogens with zero attached hydrogens (tertiary/aromatic N) is 2. The molecule has 0 amide bonds. The molecule has 5 aromatic rings. The lowest BCUT2D eigenvalue weighted by Gasteiger charge is -2.51. The number of benzene rings is 5. The Labute approximate surface area is 228 Å². The molecule has 0 aliphatic carbocycles. The fourth-order valence-corrected chi connectivity index (χ4v) is 17.0. The molecule has 0 radical (unpaired) electrons. The van der Waals surface area contributed by atoms with E-state index >= 15 is 0 Å². The van der Waals surface area contributed by atoms with Crippen molar-refractivity contribution in [1.82, 2.24) is 4.23 Å². The van der Waals surface area contributed by atoms with Gasteiger partial charge in [-0.15, -0.1) is 0 Å². The fourth-order valence-electron chi connectivity index (χ4n) is 5.64. The zero-order valence-electron chi connectivity index (χ0n) is 22.0. The summed E-state index contributed by atoms with van der Waals surface area (Å²) in [6, 6.07) is 54.8. The Morgan fingerprint density at radius 3 is 1.11 bits per heavy atom. The van der Waals surface area contributed by atoms with Crippen molar-refractivity contribution in [2.75, 3.05) is 0 Å². The standard InChI is InChI=1S/C34H32N2Si2/c1-37(31-15-7-3-8-16-31,32-17-9-4-10-18-32)36(28-30-25-23-29(27-35)24-26-30)38(2,33-19-11-5-12-20-33)34-21-13-6-14-22-34/h3-26H,28H2,1-2H3.